The number of hydrogen-bond acceptors (Lipinski definition) is 5. The van der Waals surface area contributed by atoms with E-state index in [1.54, 1.807) is 4.68 Å². The van der Waals surface area contributed by atoms with Crippen molar-refractivity contribution in [1.29, 1.82) is 0 Å². The second kappa shape index (κ2) is 7.98. The molecule has 0 saturated carbocycles. The number of hydrogen-bond donors (Lipinski definition) is 0. The number of para-hydroxylation sites is 1. The summed E-state index contributed by atoms with van der Waals surface area (Å²) in [5, 5.41) is 5.52. The average molecular weight is 364 g/mol. The number of rotatable bonds is 6. The van der Waals surface area contributed by atoms with Gasteiger partial charge in [-0.1, -0.05) is 18.2 Å². The Kier molecular flexibility index (Phi) is 5.27. The summed E-state index contributed by atoms with van der Waals surface area (Å²) >= 11 is 0. The number of nitrogens with zero attached hydrogens (tertiary/aromatic N) is 4. The maximum atomic E-state index is 12.6. The molecule has 4 rings (SSSR count). The molecule has 0 aliphatic carbocycles. The molecule has 0 amide bonds. The van der Waals surface area contributed by atoms with Crippen LogP contribution in [0.3, 0.4) is 0 Å². The molecule has 0 spiro atoms. The predicted octanol–water partition coefficient (Wildman–Crippen LogP) is 2.93. The van der Waals surface area contributed by atoms with Crippen LogP contribution in [0.2, 0.25) is 0 Å². The van der Waals surface area contributed by atoms with Gasteiger partial charge in [0.05, 0.1) is 24.4 Å². The lowest BCUT2D eigenvalue weighted by atomic mass is 10.1. The van der Waals surface area contributed by atoms with Gasteiger partial charge in [0, 0.05) is 43.7 Å². The van der Waals surface area contributed by atoms with Crippen molar-refractivity contribution in [3.8, 4) is 11.3 Å². The number of morpholine rings is 1. The van der Waals surface area contributed by atoms with Crippen LogP contribution in [0.1, 0.15) is 23.3 Å². The maximum absolute atomic E-state index is 12.6. The van der Waals surface area contributed by atoms with E-state index in [1.165, 1.54) is 0 Å². The third-order valence-electron chi connectivity index (χ3n) is 5.03. The summed E-state index contributed by atoms with van der Waals surface area (Å²) in [6.45, 7) is 4.42. The van der Waals surface area contributed by atoms with Crippen molar-refractivity contribution in [3.05, 3.63) is 48.3 Å². The molecule has 1 aliphatic rings. The summed E-state index contributed by atoms with van der Waals surface area (Å²) in [4.78, 5) is 19.4. The summed E-state index contributed by atoms with van der Waals surface area (Å²) in [5.41, 5.74) is 3.37. The molecule has 0 N–H and O–H groups in total. The van der Waals surface area contributed by atoms with Crippen LogP contribution >= 0.6 is 0 Å². The number of ether oxygens (including phenoxy) is 1. The topological polar surface area (TPSA) is 60.2 Å². The molecule has 0 unspecified atom stereocenters. The zero-order valence-electron chi connectivity index (χ0n) is 15.6. The van der Waals surface area contributed by atoms with Crippen LogP contribution in [0.5, 0.6) is 0 Å². The summed E-state index contributed by atoms with van der Waals surface area (Å²) in [6.07, 6.45) is 3.21. The lowest BCUT2D eigenvalue weighted by Crippen LogP contribution is -2.36. The molecule has 0 radical (unpaired) electrons. The monoisotopic (exact) mass is 364 g/mol. The van der Waals surface area contributed by atoms with Crippen molar-refractivity contribution in [2.24, 2.45) is 7.05 Å². The van der Waals surface area contributed by atoms with Crippen LogP contribution < -0.4 is 0 Å². The first-order valence-electron chi connectivity index (χ1n) is 9.43. The third-order valence-corrected chi connectivity index (χ3v) is 5.03. The van der Waals surface area contributed by atoms with Gasteiger partial charge < -0.3 is 4.74 Å². The predicted molar refractivity (Wildman–Crippen MR) is 105 cm³/mol. The van der Waals surface area contributed by atoms with Crippen molar-refractivity contribution >= 4 is 16.7 Å². The molecular formula is C21H24N4O2. The van der Waals surface area contributed by atoms with Crippen molar-refractivity contribution in [1.82, 2.24) is 19.7 Å². The Morgan fingerprint density at radius 3 is 2.85 bits per heavy atom. The van der Waals surface area contributed by atoms with E-state index in [9.17, 15) is 4.79 Å². The molecule has 3 heterocycles. The molecule has 2 aromatic heterocycles. The second-order valence-corrected chi connectivity index (χ2v) is 6.94. The highest BCUT2D eigenvalue weighted by Gasteiger charge is 2.16. The molecule has 1 fully saturated rings. The Hall–Kier alpha value is -2.57. The minimum atomic E-state index is 0.0962. The Morgan fingerprint density at radius 1 is 1.19 bits per heavy atom. The van der Waals surface area contributed by atoms with Crippen molar-refractivity contribution in [2.45, 2.75) is 12.8 Å². The molecule has 1 aromatic carbocycles. The van der Waals surface area contributed by atoms with Gasteiger partial charge in [-0.25, -0.2) is 0 Å². The zero-order chi connectivity index (χ0) is 18.6. The molecule has 6 nitrogen and oxygen atoms in total. The third kappa shape index (κ3) is 4.07. The van der Waals surface area contributed by atoms with E-state index in [1.807, 2.05) is 43.6 Å². The normalized spacial score (nSPS) is 15.3. The minimum absolute atomic E-state index is 0.0962. The van der Waals surface area contributed by atoms with Gasteiger partial charge in [0.15, 0.2) is 5.78 Å². The Morgan fingerprint density at radius 2 is 2.00 bits per heavy atom. The van der Waals surface area contributed by atoms with E-state index in [-0.39, 0.29) is 5.78 Å². The Labute approximate surface area is 158 Å². The molecule has 1 aliphatic heterocycles. The highest BCUT2D eigenvalue weighted by atomic mass is 16.5. The quantitative estimate of drug-likeness (QED) is 0.630. The number of benzene rings is 1. The van der Waals surface area contributed by atoms with Gasteiger partial charge in [-0.15, -0.1) is 0 Å². The first-order valence-corrected chi connectivity index (χ1v) is 9.43. The largest absolute Gasteiger partial charge is 0.379 e. The van der Waals surface area contributed by atoms with E-state index in [4.69, 9.17) is 4.74 Å². The van der Waals surface area contributed by atoms with Crippen LogP contribution in [-0.2, 0) is 11.8 Å². The number of aromatic nitrogens is 3. The Balaban J connectivity index is 1.44. The number of fused-ring (bicyclic) bond motifs is 1. The molecule has 140 valence electrons. The van der Waals surface area contributed by atoms with Crippen LogP contribution in [0, 0.1) is 0 Å². The number of Topliss-reactive ketones (excluding diaryl/α,β-unsaturated/α-hetero) is 1. The maximum Gasteiger partial charge on any atom is 0.183 e. The van der Waals surface area contributed by atoms with E-state index in [2.05, 4.69) is 21.0 Å². The highest BCUT2D eigenvalue weighted by Crippen LogP contribution is 2.23. The number of pyridine rings is 1. The van der Waals surface area contributed by atoms with Gasteiger partial charge in [0.1, 0.15) is 5.69 Å². The molecule has 1 saturated heterocycles. The highest BCUT2D eigenvalue weighted by molar-refractivity contribution is 5.95. The molecule has 3 aromatic rings. The van der Waals surface area contributed by atoms with E-state index in [0.29, 0.717) is 12.1 Å². The number of carbonyl (C=O) groups is 1. The SMILES string of the molecule is Cn1nc(C(=O)CCCN2CCOCC2)cc1-c1cnc2ccccc2c1. The van der Waals surface area contributed by atoms with Gasteiger partial charge >= 0.3 is 0 Å². The average Bonchev–Trinajstić information content (AvgIpc) is 3.10. The summed E-state index contributed by atoms with van der Waals surface area (Å²) < 4.78 is 7.12. The Bertz CT molecular complexity index is 944. The smallest absolute Gasteiger partial charge is 0.183 e. The van der Waals surface area contributed by atoms with Crippen molar-refractivity contribution in [3.63, 3.8) is 0 Å². The van der Waals surface area contributed by atoms with Crippen LogP contribution in [0.15, 0.2) is 42.6 Å². The fraction of sp³-hybridized carbons (Fsp3) is 0.381. The van der Waals surface area contributed by atoms with Gasteiger partial charge in [-0.05, 0) is 31.2 Å². The van der Waals surface area contributed by atoms with Gasteiger partial charge in [-0.2, -0.15) is 5.10 Å². The molecular weight excluding hydrogens is 340 g/mol. The first kappa shape index (κ1) is 17.8. The fourth-order valence-corrected chi connectivity index (χ4v) is 3.50. The zero-order valence-corrected chi connectivity index (χ0v) is 15.6. The second-order valence-electron chi connectivity index (χ2n) is 6.94. The minimum Gasteiger partial charge on any atom is -0.379 e. The van der Waals surface area contributed by atoms with Gasteiger partial charge in [0.25, 0.3) is 0 Å². The molecule has 0 bridgehead atoms. The van der Waals surface area contributed by atoms with E-state index < -0.39 is 0 Å². The summed E-state index contributed by atoms with van der Waals surface area (Å²) in [6, 6.07) is 12.0. The van der Waals surface area contributed by atoms with Crippen LogP contribution in [-0.4, -0.2) is 58.3 Å². The van der Waals surface area contributed by atoms with Crippen LogP contribution in [0.25, 0.3) is 22.2 Å². The van der Waals surface area contributed by atoms with Gasteiger partial charge in [0.2, 0.25) is 0 Å². The van der Waals surface area contributed by atoms with E-state index in [0.717, 1.165) is 61.4 Å². The lowest BCUT2D eigenvalue weighted by molar-refractivity contribution is 0.0371. The summed E-state index contributed by atoms with van der Waals surface area (Å²) in [7, 11) is 1.87. The van der Waals surface area contributed by atoms with Crippen molar-refractivity contribution in [2.75, 3.05) is 32.8 Å². The lowest BCUT2D eigenvalue weighted by Gasteiger charge is -2.26. The molecule has 27 heavy (non-hydrogen) atoms. The number of carbonyl (C=O) groups excluding carboxylic acids is 1. The number of ketones is 1. The van der Waals surface area contributed by atoms with Gasteiger partial charge in [-0.3, -0.25) is 19.4 Å². The fourth-order valence-electron chi connectivity index (χ4n) is 3.50. The van der Waals surface area contributed by atoms with E-state index >= 15 is 0 Å². The molecule has 0 atom stereocenters. The number of aryl methyl sites for hydroxylation is 1. The molecule has 6 heteroatoms. The van der Waals surface area contributed by atoms with Crippen LogP contribution in [0.4, 0.5) is 0 Å². The van der Waals surface area contributed by atoms with Crippen molar-refractivity contribution < 1.29 is 9.53 Å². The first-order chi connectivity index (χ1) is 13.2. The summed E-state index contributed by atoms with van der Waals surface area (Å²) in [5.74, 6) is 0.0962. The standard InChI is InChI=1S/C21H24N4O2/c1-24-20(17-13-16-5-2-3-6-18(16)22-15-17)14-19(23-24)21(26)7-4-8-25-9-11-27-12-10-25/h2-3,5-6,13-15H,4,7-12H2,1H3.